The van der Waals surface area contributed by atoms with Gasteiger partial charge in [0.1, 0.15) is 0 Å². The molecule has 0 spiro atoms. The van der Waals surface area contributed by atoms with Crippen molar-refractivity contribution in [1.82, 2.24) is 4.57 Å². The Hall–Kier alpha value is -3.03. The lowest BCUT2D eigenvalue weighted by molar-refractivity contribution is 0.332. The molecule has 0 saturated heterocycles. The van der Waals surface area contributed by atoms with E-state index in [2.05, 4.69) is 111 Å². The van der Waals surface area contributed by atoms with E-state index in [0.29, 0.717) is 0 Å². The molecule has 1 nitrogen and oxygen atoms in total. The summed E-state index contributed by atoms with van der Waals surface area (Å²) in [6.07, 6.45) is 2.46. The maximum atomic E-state index is 6.37. The van der Waals surface area contributed by atoms with Gasteiger partial charge in [0.15, 0.2) is 0 Å². The first-order valence-electron chi connectivity index (χ1n) is 12.2. The van der Waals surface area contributed by atoms with Gasteiger partial charge in [-0.3, -0.25) is 0 Å². The number of halogens is 1. The molecule has 5 aromatic rings. The van der Waals surface area contributed by atoms with Crippen molar-refractivity contribution in [3.05, 3.63) is 101 Å². The van der Waals surface area contributed by atoms with Crippen LogP contribution in [0.15, 0.2) is 84.9 Å². The van der Waals surface area contributed by atoms with Crippen molar-refractivity contribution in [2.24, 2.45) is 0 Å². The average Bonchev–Trinajstić information content (AvgIpc) is 3.16. The Morgan fingerprint density at radius 2 is 1.32 bits per heavy atom. The SMILES string of the molecule is CC1(C)CCC(C)(C)c2cc(-c3cccc(-n4c5ccccc5c5cc(Cl)ccc54)c3)ccc21. The van der Waals surface area contributed by atoms with Crippen LogP contribution in [0, 0.1) is 0 Å². The molecule has 6 rings (SSSR count). The zero-order valence-corrected chi connectivity index (χ0v) is 21.1. The first-order chi connectivity index (χ1) is 16.2. The molecule has 1 aromatic heterocycles. The van der Waals surface area contributed by atoms with Crippen LogP contribution in [0.2, 0.25) is 5.02 Å². The molecule has 2 heteroatoms. The number of aromatic nitrogens is 1. The summed E-state index contributed by atoms with van der Waals surface area (Å²) >= 11 is 6.37. The average molecular weight is 464 g/mol. The van der Waals surface area contributed by atoms with Crippen molar-refractivity contribution in [2.75, 3.05) is 0 Å². The number of benzene rings is 4. The van der Waals surface area contributed by atoms with Crippen LogP contribution in [0.4, 0.5) is 0 Å². The highest BCUT2D eigenvalue weighted by atomic mass is 35.5. The van der Waals surface area contributed by atoms with Gasteiger partial charge in [-0.25, -0.2) is 0 Å². The largest absolute Gasteiger partial charge is 0.309 e. The minimum Gasteiger partial charge on any atom is -0.309 e. The quantitative estimate of drug-likeness (QED) is 0.245. The van der Waals surface area contributed by atoms with E-state index in [9.17, 15) is 0 Å². The van der Waals surface area contributed by atoms with Gasteiger partial charge in [-0.15, -0.1) is 0 Å². The summed E-state index contributed by atoms with van der Waals surface area (Å²) in [5.74, 6) is 0. The number of hydrogen-bond donors (Lipinski definition) is 0. The van der Waals surface area contributed by atoms with Crippen LogP contribution in [-0.2, 0) is 10.8 Å². The maximum absolute atomic E-state index is 6.37. The van der Waals surface area contributed by atoms with E-state index in [1.54, 1.807) is 0 Å². The standard InChI is InChI=1S/C32H30ClN/c1-31(2)16-17-32(3,4)28-19-22(12-14-27(28)31)21-8-7-9-24(18-21)34-29-11-6-5-10-25(29)26-20-23(33)13-15-30(26)34/h5-15,18-20H,16-17H2,1-4H3. The molecule has 0 unspecified atom stereocenters. The third-order valence-corrected chi connectivity index (χ3v) is 8.16. The van der Waals surface area contributed by atoms with Crippen molar-refractivity contribution >= 4 is 33.4 Å². The van der Waals surface area contributed by atoms with Crippen LogP contribution >= 0.6 is 11.6 Å². The third kappa shape index (κ3) is 3.29. The van der Waals surface area contributed by atoms with Crippen molar-refractivity contribution in [1.29, 1.82) is 0 Å². The second kappa shape index (κ2) is 7.48. The van der Waals surface area contributed by atoms with Crippen LogP contribution < -0.4 is 0 Å². The predicted octanol–water partition coefficient (Wildman–Crippen LogP) is 9.45. The summed E-state index contributed by atoms with van der Waals surface area (Å²) in [6, 6.07) is 30.8. The predicted molar refractivity (Wildman–Crippen MR) is 147 cm³/mol. The molecule has 1 aliphatic carbocycles. The number of fused-ring (bicyclic) bond motifs is 4. The summed E-state index contributed by atoms with van der Waals surface area (Å²) in [6.45, 7) is 9.56. The van der Waals surface area contributed by atoms with Crippen LogP contribution in [0.1, 0.15) is 51.7 Å². The number of rotatable bonds is 2. The van der Waals surface area contributed by atoms with Crippen LogP contribution in [0.5, 0.6) is 0 Å². The van der Waals surface area contributed by atoms with Gasteiger partial charge < -0.3 is 4.57 Å². The Kier molecular flexibility index (Phi) is 4.73. The van der Waals surface area contributed by atoms with Crippen LogP contribution in [-0.4, -0.2) is 4.57 Å². The molecule has 0 amide bonds. The molecule has 0 N–H and O–H groups in total. The summed E-state index contributed by atoms with van der Waals surface area (Å²) < 4.78 is 2.36. The van der Waals surface area contributed by atoms with Gasteiger partial charge in [-0.1, -0.05) is 87.8 Å². The molecule has 1 aliphatic rings. The Bertz CT molecular complexity index is 1570. The molecule has 4 aromatic carbocycles. The van der Waals surface area contributed by atoms with E-state index in [0.717, 1.165) is 5.02 Å². The van der Waals surface area contributed by atoms with E-state index in [-0.39, 0.29) is 10.8 Å². The molecule has 1 heterocycles. The fourth-order valence-corrected chi connectivity index (χ4v) is 5.99. The lowest BCUT2D eigenvalue weighted by Gasteiger charge is -2.42. The first-order valence-corrected chi connectivity index (χ1v) is 12.6. The fourth-order valence-electron chi connectivity index (χ4n) is 5.82. The highest BCUT2D eigenvalue weighted by molar-refractivity contribution is 6.32. The van der Waals surface area contributed by atoms with Crippen LogP contribution in [0.25, 0.3) is 38.6 Å². The molecule has 0 fully saturated rings. The second-order valence-electron chi connectivity index (χ2n) is 11.1. The van der Waals surface area contributed by atoms with Crippen LogP contribution in [0.3, 0.4) is 0 Å². The monoisotopic (exact) mass is 463 g/mol. The van der Waals surface area contributed by atoms with E-state index >= 15 is 0 Å². The third-order valence-electron chi connectivity index (χ3n) is 7.93. The summed E-state index contributed by atoms with van der Waals surface area (Å²) in [5.41, 5.74) is 9.51. The molecule has 0 radical (unpaired) electrons. The zero-order valence-electron chi connectivity index (χ0n) is 20.3. The normalized spacial score (nSPS) is 16.6. The van der Waals surface area contributed by atoms with E-state index < -0.39 is 0 Å². The van der Waals surface area contributed by atoms with E-state index in [1.165, 1.54) is 62.6 Å². The fraction of sp³-hybridized carbons (Fsp3) is 0.250. The highest BCUT2D eigenvalue weighted by Crippen LogP contribution is 2.47. The summed E-state index contributed by atoms with van der Waals surface area (Å²) in [4.78, 5) is 0. The Morgan fingerprint density at radius 3 is 2.15 bits per heavy atom. The molecule has 0 atom stereocenters. The second-order valence-corrected chi connectivity index (χ2v) is 11.5. The van der Waals surface area contributed by atoms with E-state index in [4.69, 9.17) is 11.6 Å². The summed E-state index contributed by atoms with van der Waals surface area (Å²) in [7, 11) is 0. The molecule has 0 aliphatic heterocycles. The molecule has 170 valence electrons. The molecular weight excluding hydrogens is 434 g/mol. The lowest BCUT2D eigenvalue weighted by Crippen LogP contribution is -2.33. The molecule has 0 saturated carbocycles. The summed E-state index contributed by atoms with van der Waals surface area (Å²) in [5, 5.41) is 3.18. The van der Waals surface area contributed by atoms with Crippen molar-refractivity contribution < 1.29 is 0 Å². The van der Waals surface area contributed by atoms with Gasteiger partial charge in [0.05, 0.1) is 11.0 Å². The Morgan fingerprint density at radius 1 is 0.618 bits per heavy atom. The zero-order chi connectivity index (χ0) is 23.7. The van der Waals surface area contributed by atoms with Gasteiger partial charge in [-0.2, -0.15) is 0 Å². The van der Waals surface area contributed by atoms with Gasteiger partial charge >= 0.3 is 0 Å². The van der Waals surface area contributed by atoms with E-state index in [1.807, 2.05) is 6.07 Å². The molecule has 0 bridgehead atoms. The van der Waals surface area contributed by atoms with Crippen molar-refractivity contribution in [2.45, 2.75) is 51.4 Å². The molecular formula is C32H30ClN. The van der Waals surface area contributed by atoms with Gasteiger partial charge in [0.2, 0.25) is 0 Å². The number of hydrogen-bond acceptors (Lipinski definition) is 0. The minimum atomic E-state index is 0.199. The minimum absolute atomic E-state index is 0.199. The molecule has 34 heavy (non-hydrogen) atoms. The van der Waals surface area contributed by atoms with Gasteiger partial charge in [-0.05, 0) is 82.3 Å². The lowest BCUT2D eigenvalue weighted by atomic mass is 9.63. The highest BCUT2D eigenvalue weighted by Gasteiger charge is 2.37. The Labute approximate surface area is 207 Å². The Balaban J connectivity index is 1.54. The smallest absolute Gasteiger partial charge is 0.0542 e. The number of para-hydroxylation sites is 1. The van der Waals surface area contributed by atoms with Crippen molar-refractivity contribution in [3.8, 4) is 16.8 Å². The maximum Gasteiger partial charge on any atom is 0.0542 e. The topological polar surface area (TPSA) is 4.93 Å². The number of nitrogens with zero attached hydrogens (tertiary/aromatic N) is 1. The van der Waals surface area contributed by atoms with Gasteiger partial charge in [0, 0.05) is 21.5 Å². The first kappa shape index (κ1) is 21.5. The van der Waals surface area contributed by atoms with Gasteiger partial charge in [0.25, 0.3) is 0 Å². The van der Waals surface area contributed by atoms with Crippen molar-refractivity contribution in [3.63, 3.8) is 0 Å².